The molecule has 32 heavy (non-hydrogen) atoms. The van der Waals surface area contributed by atoms with Gasteiger partial charge in [0.1, 0.15) is 0 Å². The SMILES string of the molecule is COc1ccccc1OCC(=O)Nc1cccc(NC(=O)c2cc(-c3cccs3)[nH]n2)c1. The van der Waals surface area contributed by atoms with Crippen molar-refractivity contribution < 1.29 is 19.1 Å². The van der Waals surface area contributed by atoms with Gasteiger partial charge in [0.25, 0.3) is 11.8 Å². The van der Waals surface area contributed by atoms with Gasteiger partial charge in [0.05, 0.1) is 17.7 Å². The second kappa shape index (κ2) is 9.80. The Balaban J connectivity index is 1.35. The zero-order valence-electron chi connectivity index (χ0n) is 17.1. The summed E-state index contributed by atoms with van der Waals surface area (Å²) in [7, 11) is 1.54. The molecule has 0 bridgehead atoms. The van der Waals surface area contributed by atoms with E-state index in [1.165, 1.54) is 7.11 Å². The molecule has 8 nitrogen and oxygen atoms in total. The highest BCUT2D eigenvalue weighted by molar-refractivity contribution is 7.13. The van der Waals surface area contributed by atoms with Crippen LogP contribution in [0.15, 0.2) is 72.1 Å². The van der Waals surface area contributed by atoms with Gasteiger partial charge in [-0.1, -0.05) is 24.3 Å². The molecule has 2 amide bonds. The predicted molar refractivity (Wildman–Crippen MR) is 123 cm³/mol. The summed E-state index contributed by atoms with van der Waals surface area (Å²) in [6.07, 6.45) is 0. The monoisotopic (exact) mass is 448 g/mol. The van der Waals surface area contributed by atoms with Crippen LogP contribution in [0.4, 0.5) is 11.4 Å². The van der Waals surface area contributed by atoms with Gasteiger partial charge in [-0.2, -0.15) is 5.10 Å². The predicted octanol–water partition coefficient (Wildman–Crippen LogP) is 4.42. The molecule has 4 rings (SSSR count). The quantitative estimate of drug-likeness (QED) is 0.370. The fourth-order valence-electron chi connectivity index (χ4n) is 2.94. The molecule has 0 spiro atoms. The first-order valence-electron chi connectivity index (χ1n) is 9.69. The van der Waals surface area contributed by atoms with Crippen molar-refractivity contribution in [2.45, 2.75) is 0 Å². The number of nitrogens with zero attached hydrogens (tertiary/aromatic N) is 1. The zero-order valence-corrected chi connectivity index (χ0v) is 17.9. The van der Waals surface area contributed by atoms with Gasteiger partial charge in [-0.25, -0.2) is 0 Å². The average Bonchev–Trinajstić information content (AvgIpc) is 3.50. The number of anilines is 2. The third-order valence-electron chi connectivity index (χ3n) is 4.43. The Kier molecular flexibility index (Phi) is 6.47. The Morgan fingerprint density at radius 1 is 0.969 bits per heavy atom. The maximum absolute atomic E-state index is 12.5. The molecule has 162 valence electrons. The highest BCUT2D eigenvalue weighted by atomic mass is 32.1. The van der Waals surface area contributed by atoms with Crippen LogP contribution in [-0.2, 0) is 4.79 Å². The normalized spacial score (nSPS) is 10.4. The molecule has 0 aliphatic carbocycles. The second-order valence-electron chi connectivity index (χ2n) is 6.67. The minimum Gasteiger partial charge on any atom is -0.493 e. The number of nitrogens with one attached hydrogen (secondary N) is 3. The molecule has 0 saturated heterocycles. The van der Waals surface area contributed by atoms with Crippen LogP contribution in [0.2, 0.25) is 0 Å². The second-order valence-corrected chi connectivity index (χ2v) is 7.61. The molecule has 0 unspecified atom stereocenters. The van der Waals surface area contributed by atoms with Crippen LogP contribution in [0, 0.1) is 0 Å². The van der Waals surface area contributed by atoms with E-state index in [-0.39, 0.29) is 24.1 Å². The van der Waals surface area contributed by atoms with Gasteiger partial charge in [-0.05, 0) is 47.8 Å². The van der Waals surface area contributed by atoms with Crippen LogP contribution >= 0.6 is 11.3 Å². The lowest BCUT2D eigenvalue weighted by Gasteiger charge is -2.11. The molecular formula is C23H20N4O4S. The van der Waals surface area contributed by atoms with Crippen molar-refractivity contribution in [3.05, 3.63) is 77.8 Å². The Morgan fingerprint density at radius 3 is 2.50 bits per heavy atom. The van der Waals surface area contributed by atoms with E-state index in [4.69, 9.17) is 9.47 Å². The van der Waals surface area contributed by atoms with E-state index in [2.05, 4.69) is 20.8 Å². The number of aromatic nitrogens is 2. The van der Waals surface area contributed by atoms with Crippen molar-refractivity contribution in [3.8, 4) is 22.1 Å². The smallest absolute Gasteiger partial charge is 0.276 e. The number of aromatic amines is 1. The first kappa shape index (κ1) is 21.1. The van der Waals surface area contributed by atoms with Gasteiger partial charge in [0.2, 0.25) is 0 Å². The number of thiophene rings is 1. The van der Waals surface area contributed by atoms with E-state index in [0.717, 1.165) is 10.6 Å². The first-order chi connectivity index (χ1) is 15.6. The summed E-state index contributed by atoms with van der Waals surface area (Å²) < 4.78 is 10.7. The maximum atomic E-state index is 12.5. The average molecular weight is 449 g/mol. The number of carbonyl (C=O) groups is 2. The molecule has 4 aromatic rings. The van der Waals surface area contributed by atoms with Gasteiger partial charge < -0.3 is 20.1 Å². The van der Waals surface area contributed by atoms with Gasteiger partial charge in [0.15, 0.2) is 23.8 Å². The van der Waals surface area contributed by atoms with E-state index in [0.29, 0.717) is 22.9 Å². The van der Waals surface area contributed by atoms with Crippen molar-refractivity contribution in [2.75, 3.05) is 24.4 Å². The summed E-state index contributed by atoms with van der Waals surface area (Å²) in [5, 5.41) is 14.4. The fourth-order valence-corrected chi connectivity index (χ4v) is 3.64. The Hall–Kier alpha value is -4.11. The Morgan fingerprint density at radius 2 is 1.75 bits per heavy atom. The minimum absolute atomic E-state index is 0.185. The molecule has 2 aromatic carbocycles. The molecule has 2 heterocycles. The first-order valence-corrected chi connectivity index (χ1v) is 10.6. The number of H-pyrrole nitrogens is 1. The molecule has 0 aliphatic rings. The van der Waals surface area contributed by atoms with Crippen molar-refractivity contribution in [1.29, 1.82) is 0 Å². The lowest BCUT2D eigenvalue weighted by atomic mass is 10.2. The number of ether oxygens (including phenoxy) is 2. The van der Waals surface area contributed by atoms with Crippen LogP contribution in [0.3, 0.4) is 0 Å². The minimum atomic E-state index is -0.355. The number of amides is 2. The van der Waals surface area contributed by atoms with E-state index in [1.807, 2.05) is 23.6 Å². The molecule has 0 aliphatic heterocycles. The summed E-state index contributed by atoms with van der Waals surface area (Å²) >= 11 is 1.56. The van der Waals surface area contributed by atoms with Crippen molar-refractivity contribution >= 4 is 34.5 Å². The number of carbonyl (C=O) groups excluding carboxylic acids is 2. The third-order valence-corrected chi connectivity index (χ3v) is 5.33. The molecule has 0 radical (unpaired) electrons. The maximum Gasteiger partial charge on any atom is 0.276 e. The third kappa shape index (κ3) is 5.13. The van der Waals surface area contributed by atoms with E-state index < -0.39 is 0 Å². The summed E-state index contributed by atoms with van der Waals surface area (Å²) in [6, 6.07) is 19.5. The highest BCUT2D eigenvalue weighted by Crippen LogP contribution is 2.26. The number of methoxy groups -OCH3 is 1. The molecule has 0 saturated carbocycles. The topological polar surface area (TPSA) is 105 Å². The number of rotatable bonds is 8. The summed E-state index contributed by atoms with van der Waals surface area (Å²) in [5.74, 6) is 0.331. The van der Waals surface area contributed by atoms with Crippen LogP contribution < -0.4 is 20.1 Å². The molecule has 3 N–H and O–H groups in total. The number of hydrogen-bond donors (Lipinski definition) is 3. The molecule has 2 aromatic heterocycles. The van der Waals surface area contributed by atoms with Gasteiger partial charge in [-0.3, -0.25) is 14.7 Å². The van der Waals surface area contributed by atoms with Crippen molar-refractivity contribution in [1.82, 2.24) is 10.2 Å². The van der Waals surface area contributed by atoms with Gasteiger partial charge in [0, 0.05) is 11.4 Å². The molecule has 0 atom stereocenters. The number of benzene rings is 2. The highest BCUT2D eigenvalue weighted by Gasteiger charge is 2.13. The number of hydrogen-bond acceptors (Lipinski definition) is 6. The summed E-state index contributed by atoms with van der Waals surface area (Å²) in [4.78, 5) is 25.8. The Bertz CT molecular complexity index is 1220. The van der Waals surface area contributed by atoms with E-state index >= 15 is 0 Å². The molecule has 9 heteroatoms. The van der Waals surface area contributed by atoms with E-state index in [9.17, 15) is 9.59 Å². The largest absolute Gasteiger partial charge is 0.493 e. The zero-order chi connectivity index (χ0) is 22.3. The summed E-state index contributed by atoms with van der Waals surface area (Å²) in [5.41, 5.74) is 2.10. The lowest BCUT2D eigenvalue weighted by Crippen LogP contribution is -2.20. The van der Waals surface area contributed by atoms with Crippen LogP contribution in [0.1, 0.15) is 10.5 Å². The van der Waals surface area contributed by atoms with Gasteiger partial charge >= 0.3 is 0 Å². The van der Waals surface area contributed by atoms with E-state index in [1.54, 1.807) is 59.9 Å². The van der Waals surface area contributed by atoms with Crippen LogP contribution in [0.5, 0.6) is 11.5 Å². The fraction of sp³-hybridized carbons (Fsp3) is 0.0870. The molecule has 0 fully saturated rings. The summed E-state index contributed by atoms with van der Waals surface area (Å²) in [6.45, 7) is -0.185. The van der Waals surface area contributed by atoms with Crippen LogP contribution in [-0.4, -0.2) is 35.7 Å². The Labute approximate surface area is 188 Å². The van der Waals surface area contributed by atoms with Crippen molar-refractivity contribution in [3.63, 3.8) is 0 Å². The standard InChI is InChI=1S/C23H20N4O4S/c1-30-19-8-2-3-9-20(19)31-14-22(28)24-15-6-4-7-16(12-15)25-23(29)18-13-17(26-27-18)21-10-5-11-32-21/h2-13H,14H2,1H3,(H,24,28)(H,25,29)(H,26,27). The molecular weight excluding hydrogens is 428 g/mol. The van der Waals surface area contributed by atoms with Gasteiger partial charge in [-0.15, -0.1) is 11.3 Å². The number of para-hydroxylation sites is 2. The lowest BCUT2D eigenvalue weighted by molar-refractivity contribution is -0.118. The van der Waals surface area contributed by atoms with Crippen LogP contribution in [0.25, 0.3) is 10.6 Å². The van der Waals surface area contributed by atoms with Crippen molar-refractivity contribution in [2.24, 2.45) is 0 Å².